The summed E-state index contributed by atoms with van der Waals surface area (Å²) in [4.78, 5) is 0. The van der Waals surface area contributed by atoms with E-state index in [1.165, 1.54) is 19.3 Å². The maximum absolute atomic E-state index is 10.9. The second kappa shape index (κ2) is 2.85. The minimum atomic E-state index is -0.706. The monoisotopic (exact) mass is 218 g/mol. The summed E-state index contributed by atoms with van der Waals surface area (Å²) in [5.41, 5.74) is -0.450. The molecule has 0 heterocycles. The molecule has 0 aromatic heterocycles. The van der Waals surface area contributed by atoms with Crippen LogP contribution < -0.4 is 0 Å². The topological polar surface area (TPSA) is 20.2 Å². The highest BCUT2D eigenvalue weighted by Crippen LogP contribution is 2.69. The molecule has 16 heavy (non-hydrogen) atoms. The summed E-state index contributed by atoms with van der Waals surface area (Å²) in [6.07, 6.45) is 5.80. The van der Waals surface area contributed by atoms with Gasteiger partial charge in [0.05, 0.1) is 0 Å². The Kier molecular flexibility index (Phi) is 1.90. The summed E-state index contributed by atoms with van der Waals surface area (Å²) < 4.78 is 0. The zero-order valence-electron chi connectivity index (χ0n) is 10.6. The predicted octanol–water partition coefficient (Wildman–Crippen LogP) is 2.98. The minimum Gasteiger partial charge on any atom is -0.377 e. The van der Waals surface area contributed by atoms with Crippen molar-refractivity contribution in [3.63, 3.8) is 0 Å². The van der Waals surface area contributed by atoms with Gasteiger partial charge in [-0.15, -0.1) is 0 Å². The highest BCUT2D eigenvalue weighted by molar-refractivity contribution is 5.31. The van der Waals surface area contributed by atoms with Crippen molar-refractivity contribution in [1.29, 1.82) is 0 Å². The Morgan fingerprint density at radius 2 is 1.81 bits per heavy atom. The molecule has 3 saturated carbocycles. The molecular formula is C15H22O. The lowest BCUT2D eigenvalue weighted by Gasteiger charge is -2.42. The molecule has 1 N–H and O–H groups in total. The number of hydrogen-bond acceptors (Lipinski definition) is 1. The van der Waals surface area contributed by atoms with Crippen LogP contribution in [0.2, 0.25) is 0 Å². The standard InChI is InChI=1S/C15H22O/c1-13(2)12-7-8-14(13,3)15(16,10-12)9-6-11-4-5-11/h11-12,16H,4-5,7-8,10H2,1-3H3/t12-,14-,15-/m1/s1. The van der Waals surface area contributed by atoms with Gasteiger partial charge in [-0.2, -0.15) is 0 Å². The summed E-state index contributed by atoms with van der Waals surface area (Å²) in [6, 6.07) is 0. The van der Waals surface area contributed by atoms with Crippen molar-refractivity contribution in [2.45, 2.75) is 58.5 Å². The SMILES string of the molecule is CC1(C)[C@@H]2CC[C@@]1(C)[C@@](O)(C#CC1CC1)C2. The molecule has 3 atom stereocenters. The van der Waals surface area contributed by atoms with E-state index in [0.29, 0.717) is 11.8 Å². The van der Waals surface area contributed by atoms with Crippen LogP contribution in [0, 0.1) is 34.5 Å². The van der Waals surface area contributed by atoms with Gasteiger partial charge >= 0.3 is 0 Å². The zero-order valence-corrected chi connectivity index (χ0v) is 10.6. The molecule has 0 saturated heterocycles. The molecule has 3 rings (SSSR count). The first-order chi connectivity index (χ1) is 7.39. The molecule has 3 aliphatic rings. The highest BCUT2D eigenvalue weighted by Gasteiger charge is 2.68. The van der Waals surface area contributed by atoms with Crippen LogP contribution in [0.25, 0.3) is 0 Å². The summed E-state index contributed by atoms with van der Waals surface area (Å²) in [5, 5.41) is 10.9. The summed E-state index contributed by atoms with van der Waals surface area (Å²) in [6.45, 7) is 6.89. The summed E-state index contributed by atoms with van der Waals surface area (Å²) in [5.74, 6) is 7.80. The van der Waals surface area contributed by atoms with Gasteiger partial charge in [0, 0.05) is 11.3 Å². The molecule has 88 valence electrons. The van der Waals surface area contributed by atoms with Crippen molar-refractivity contribution in [3.8, 4) is 11.8 Å². The molecule has 0 unspecified atom stereocenters. The van der Waals surface area contributed by atoms with E-state index in [-0.39, 0.29) is 10.8 Å². The highest BCUT2D eigenvalue weighted by atomic mass is 16.3. The largest absolute Gasteiger partial charge is 0.377 e. The maximum Gasteiger partial charge on any atom is 0.131 e. The predicted molar refractivity (Wildman–Crippen MR) is 64.7 cm³/mol. The zero-order chi connectivity index (χ0) is 11.6. The van der Waals surface area contributed by atoms with Gasteiger partial charge in [-0.25, -0.2) is 0 Å². The average molecular weight is 218 g/mol. The van der Waals surface area contributed by atoms with Crippen LogP contribution in [-0.4, -0.2) is 10.7 Å². The Bertz CT molecular complexity index is 382. The van der Waals surface area contributed by atoms with Crippen LogP contribution in [-0.2, 0) is 0 Å². The van der Waals surface area contributed by atoms with Crippen molar-refractivity contribution in [2.75, 3.05) is 0 Å². The van der Waals surface area contributed by atoms with Gasteiger partial charge in [0.25, 0.3) is 0 Å². The lowest BCUT2D eigenvalue weighted by molar-refractivity contribution is -0.0433. The molecule has 2 bridgehead atoms. The van der Waals surface area contributed by atoms with Crippen LogP contribution in [0.1, 0.15) is 52.9 Å². The Hall–Kier alpha value is -0.480. The molecular weight excluding hydrogens is 196 g/mol. The third kappa shape index (κ3) is 1.12. The van der Waals surface area contributed by atoms with Gasteiger partial charge in [0.2, 0.25) is 0 Å². The van der Waals surface area contributed by atoms with E-state index >= 15 is 0 Å². The first kappa shape index (κ1) is 10.7. The fourth-order valence-electron chi connectivity index (χ4n) is 3.91. The lowest BCUT2D eigenvalue weighted by atomic mass is 9.64. The minimum absolute atomic E-state index is 0.00650. The molecule has 0 aromatic carbocycles. The van der Waals surface area contributed by atoms with Crippen LogP contribution in [0.5, 0.6) is 0 Å². The maximum atomic E-state index is 10.9. The van der Waals surface area contributed by atoms with Crippen LogP contribution in [0.15, 0.2) is 0 Å². The van der Waals surface area contributed by atoms with E-state index < -0.39 is 5.60 Å². The van der Waals surface area contributed by atoms with E-state index in [0.717, 1.165) is 12.8 Å². The number of hydrogen-bond donors (Lipinski definition) is 1. The number of aliphatic hydroxyl groups is 1. The number of fused-ring (bicyclic) bond motifs is 2. The van der Waals surface area contributed by atoms with Crippen LogP contribution >= 0.6 is 0 Å². The van der Waals surface area contributed by atoms with E-state index in [1.54, 1.807) is 0 Å². The molecule has 0 spiro atoms. The Labute approximate surface area is 98.6 Å². The Morgan fingerprint density at radius 3 is 2.25 bits per heavy atom. The van der Waals surface area contributed by atoms with Crippen LogP contribution in [0.3, 0.4) is 0 Å². The quantitative estimate of drug-likeness (QED) is 0.620. The van der Waals surface area contributed by atoms with E-state index in [1.807, 2.05) is 0 Å². The molecule has 0 amide bonds. The van der Waals surface area contributed by atoms with Crippen molar-refractivity contribution in [2.24, 2.45) is 22.7 Å². The third-order valence-electron chi connectivity index (χ3n) is 5.95. The molecule has 0 radical (unpaired) electrons. The van der Waals surface area contributed by atoms with E-state index in [4.69, 9.17) is 0 Å². The van der Waals surface area contributed by atoms with Crippen LogP contribution in [0.4, 0.5) is 0 Å². The fraction of sp³-hybridized carbons (Fsp3) is 0.867. The lowest BCUT2D eigenvalue weighted by Crippen LogP contribution is -2.46. The second-order valence-electron chi connectivity index (χ2n) is 6.90. The summed E-state index contributed by atoms with van der Waals surface area (Å²) >= 11 is 0. The van der Waals surface area contributed by atoms with Crippen molar-refractivity contribution in [3.05, 3.63) is 0 Å². The van der Waals surface area contributed by atoms with E-state index in [2.05, 4.69) is 32.6 Å². The van der Waals surface area contributed by atoms with Gasteiger partial charge in [-0.3, -0.25) is 0 Å². The molecule has 3 fully saturated rings. The van der Waals surface area contributed by atoms with Crippen molar-refractivity contribution >= 4 is 0 Å². The van der Waals surface area contributed by atoms with Gasteiger partial charge in [0.15, 0.2) is 0 Å². The number of rotatable bonds is 0. The molecule has 1 heteroatoms. The van der Waals surface area contributed by atoms with Crippen molar-refractivity contribution in [1.82, 2.24) is 0 Å². The van der Waals surface area contributed by atoms with Gasteiger partial charge in [-0.05, 0) is 43.4 Å². The van der Waals surface area contributed by atoms with Crippen molar-refractivity contribution < 1.29 is 5.11 Å². The average Bonchev–Trinajstić information content (AvgIpc) is 2.97. The first-order valence-corrected chi connectivity index (χ1v) is 6.64. The van der Waals surface area contributed by atoms with Gasteiger partial charge in [-0.1, -0.05) is 32.6 Å². The molecule has 0 aliphatic heterocycles. The Morgan fingerprint density at radius 1 is 1.12 bits per heavy atom. The fourth-order valence-corrected chi connectivity index (χ4v) is 3.91. The Balaban J connectivity index is 1.96. The molecule has 0 aromatic rings. The second-order valence-corrected chi connectivity index (χ2v) is 6.90. The van der Waals surface area contributed by atoms with Gasteiger partial charge < -0.3 is 5.11 Å². The van der Waals surface area contributed by atoms with E-state index in [9.17, 15) is 5.11 Å². The van der Waals surface area contributed by atoms with Gasteiger partial charge in [0.1, 0.15) is 5.60 Å². The summed E-state index contributed by atoms with van der Waals surface area (Å²) in [7, 11) is 0. The molecule has 3 aliphatic carbocycles. The molecule has 1 nitrogen and oxygen atoms in total. The third-order valence-corrected chi connectivity index (χ3v) is 5.95. The first-order valence-electron chi connectivity index (χ1n) is 6.64. The normalized spacial score (nSPS) is 48.9. The smallest absolute Gasteiger partial charge is 0.131 e.